The van der Waals surface area contributed by atoms with Gasteiger partial charge in [-0.3, -0.25) is 9.48 Å². The minimum atomic E-state index is -0.149. The largest absolute Gasteiger partial charge is 0.473 e. The number of fused-ring (bicyclic) bond motifs is 1. The van der Waals surface area contributed by atoms with Crippen molar-refractivity contribution in [1.29, 1.82) is 0 Å². The lowest BCUT2D eigenvalue weighted by Gasteiger charge is -2.29. The Kier molecular flexibility index (Phi) is 6.67. The number of morpholine rings is 1. The van der Waals surface area contributed by atoms with Crippen LogP contribution in [0.3, 0.4) is 0 Å². The van der Waals surface area contributed by atoms with Crippen LogP contribution in [0, 0.1) is 0 Å². The van der Waals surface area contributed by atoms with Gasteiger partial charge >= 0.3 is 0 Å². The Bertz CT molecular complexity index is 1470. The van der Waals surface area contributed by atoms with E-state index >= 15 is 0 Å². The lowest BCUT2D eigenvalue weighted by molar-refractivity contribution is 0.122. The Morgan fingerprint density at radius 3 is 2.53 bits per heavy atom. The summed E-state index contributed by atoms with van der Waals surface area (Å²) in [6.07, 6.45) is 7.49. The number of aromatic nitrogens is 6. The Balaban J connectivity index is 1.24. The van der Waals surface area contributed by atoms with E-state index in [9.17, 15) is 4.79 Å². The van der Waals surface area contributed by atoms with E-state index in [2.05, 4.69) is 43.2 Å². The number of nitrogens with one attached hydrogen (secondary N) is 1. The molecule has 2 aliphatic rings. The first-order valence-corrected chi connectivity index (χ1v) is 13.1. The first-order valence-electron chi connectivity index (χ1n) is 13.1. The molecule has 4 aromatic heterocycles. The SMILES string of the molecule is CNc1cc2c(cn1)c(-c1ccc(N3CCOCC3)nc1)nn2C1CCC(Oc2ccc(=O)n(C)n2)CC1. The fourth-order valence-electron chi connectivity index (χ4n) is 5.29. The summed E-state index contributed by atoms with van der Waals surface area (Å²) in [5.41, 5.74) is 2.77. The number of hydrogen-bond donors (Lipinski definition) is 1. The van der Waals surface area contributed by atoms with Crippen LogP contribution >= 0.6 is 0 Å². The Morgan fingerprint density at radius 1 is 1.00 bits per heavy atom. The third-order valence-electron chi connectivity index (χ3n) is 7.42. The molecule has 5 heterocycles. The fourth-order valence-corrected chi connectivity index (χ4v) is 5.29. The summed E-state index contributed by atoms with van der Waals surface area (Å²) < 4.78 is 15.0. The highest BCUT2D eigenvalue weighted by molar-refractivity contribution is 5.94. The zero-order chi connectivity index (χ0) is 26.1. The van der Waals surface area contributed by atoms with Crippen molar-refractivity contribution in [3.05, 3.63) is 53.1 Å². The molecule has 38 heavy (non-hydrogen) atoms. The maximum absolute atomic E-state index is 11.6. The van der Waals surface area contributed by atoms with Crippen molar-refractivity contribution in [2.24, 2.45) is 7.05 Å². The van der Waals surface area contributed by atoms with Gasteiger partial charge in [-0.05, 0) is 37.8 Å². The highest BCUT2D eigenvalue weighted by Gasteiger charge is 2.27. The van der Waals surface area contributed by atoms with E-state index in [1.807, 2.05) is 19.4 Å². The Labute approximate surface area is 220 Å². The quantitative estimate of drug-likeness (QED) is 0.413. The van der Waals surface area contributed by atoms with Crippen LogP contribution in [0.25, 0.3) is 22.2 Å². The van der Waals surface area contributed by atoms with Crippen LogP contribution in [0.1, 0.15) is 31.7 Å². The maximum Gasteiger partial charge on any atom is 0.266 e. The lowest BCUT2D eigenvalue weighted by Crippen LogP contribution is -2.36. The van der Waals surface area contributed by atoms with Crippen LogP contribution in [-0.2, 0) is 11.8 Å². The van der Waals surface area contributed by atoms with Crippen molar-refractivity contribution >= 4 is 22.5 Å². The van der Waals surface area contributed by atoms with Gasteiger partial charge in [0, 0.05) is 68.7 Å². The van der Waals surface area contributed by atoms with Gasteiger partial charge in [0.1, 0.15) is 23.4 Å². The van der Waals surface area contributed by atoms with Gasteiger partial charge in [0.15, 0.2) is 0 Å². The van der Waals surface area contributed by atoms with Crippen LogP contribution in [0.4, 0.5) is 11.6 Å². The number of ether oxygens (including phenoxy) is 2. The summed E-state index contributed by atoms with van der Waals surface area (Å²) >= 11 is 0. The second kappa shape index (κ2) is 10.4. The molecule has 1 saturated heterocycles. The van der Waals surface area contributed by atoms with Crippen molar-refractivity contribution in [3.63, 3.8) is 0 Å². The van der Waals surface area contributed by atoms with E-state index < -0.39 is 0 Å². The van der Waals surface area contributed by atoms with Crippen LogP contribution < -0.4 is 20.5 Å². The molecule has 0 spiro atoms. The molecule has 1 N–H and O–H groups in total. The Hall–Kier alpha value is -3.99. The predicted molar refractivity (Wildman–Crippen MR) is 145 cm³/mol. The van der Waals surface area contributed by atoms with Crippen LogP contribution in [-0.4, -0.2) is 69.0 Å². The highest BCUT2D eigenvalue weighted by Crippen LogP contribution is 2.36. The molecule has 1 aliphatic heterocycles. The molecular weight excluding hydrogens is 484 g/mol. The van der Waals surface area contributed by atoms with Gasteiger partial charge in [0.05, 0.1) is 24.8 Å². The third-order valence-corrected chi connectivity index (χ3v) is 7.42. The topological polar surface area (TPSA) is 112 Å². The first kappa shape index (κ1) is 24.4. The third kappa shape index (κ3) is 4.81. The van der Waals surface area contributed by atoms with E-state index in [0.29, 0.717) is 5.88 Å². The average molecular weight is 517 g/mol. The molecule has 0 atom stereocenters. The molecular formula is C27H32N8O3. The normalized spacial score (nSPS) is 20.0. The second-order valence-electron chi connectivity index (χ2n) is 9.82. The smallest absolute Gasteiger partial charge is 0.266 e. The van der Waals surface area contributed by atoms with Gasteiger partial charge in [-0.2, -0.15) is 5.10 Å². The number of rotatable bonds is 6. The van der Waals surface area contributed by atoms with Gasteiger partial charge < -0.3 is 19.7 Å². The number of hydrogen-bond acceptors (Lipinski definition) is 9. The van der Waals surface area contributed by atoms with E-state index in [0.717, 1.165) is 85.8 Å². The van der Waals surface area contributed by atoms with Crippen LogP contribution in [0.15, 0.2) is 47.5 Å². The molecule has 6 rings (SSSR count). The highest BCUT2D eigenvalue weighted by atomic mass is 16.5. The fraction of sp³-hybridized carbons (Fsp3) is 0.444. The van der Waals surface area contributed by atoms with Gasteiger partial charge in [-0.15, -0.1) is 5.10 Å². The lowest BCUT2D eigenvalue weighted by atomic mass is 9.93. The molecule has 4 aromatic rings. The average Bonchev–Trinajstić information content (AvgIpc) is 3.35. The first-order chi connectivity index (χ1) is 18.6. The van der Waals surface area contributed by atoms with Crippen molar-refractivity contribution in [3.8, 4) is 17.1 Å². The zero-order valence-electron chi connectivity index (χ0n) is 21.7. The minimum Gasteiger partial charge on any atom is -0.473 e. The van der Waals surface area contributed by atoms with Gasteiger partial charge in [0.2, 0.25) is 5.88 Å². The van der Waals surface area contributed by atoms with Crippen molar-refractivity contribution < 1.29 is 9.47 Å². The summed E-state index contributed by atoms with van der Waals surface area (Å²) in [7, 11) is 3.51. The van der Waals surface area contributed by atoms with E-state index in [1.54, 1.807) is 13.1 Å². The number of pyridine rings is 2. The number of aryl methyl sites for hydroxylation is 1. The molecule has 11 nitrogen and oxygen atoms in total. The molecule has 198 valence electrons. The summed E-state index contributed by atoms with van der Waals surface area (Å²) in [6, 6.07) is 9.61. The molecule has 0 bridgehead atoms. The summed E-state index contributed by atoms with van der Waals surface area (Å²) in [4.78, 5) is 23.2. The Morgan fingerprint density at radius 2 is 1.82 bits per heavy atom. The van der Waals surface area contributed by atoms with Crippen molar-refractivity contribution in [1.82, 2.24) is 29.5 Å². The summed E-state index contributed by atoms with van der Waals surface area (Å²) in [6.45, 7) is 3.16. The van der Waals surface area contributed by atoms with E-state index in [4.69, 9.17) is 19.6 Å². The molecule has 0 amide bonds. The molecule has 1 saturated carbocycles. The van der Waals surface area contributed by atoms with Gasteiger partial charge in [-0.1, -0.05) is 0 Å². The predicted octanol–water partition coefficient (Wildman–Crippen LogP) is 3.03. The molecule has 11 heteroatoms. The van der Waals surface area contributed by atoms with Gasteiger partial charge in [-0.25, -0.2) is 14.6 Å². The van der Waals surface area contributed by atoms with E-state index in [1.165, 1.54) is 10.7 Å². The monoisotopic (exact) mass is 516 g/mol. The number of anilines is 2. The van der Waals surface area contributed by atoms with Crippen LogP contribution in [0.5, 0.6) is 5.88 Å². The second-order valence-corrected chi connectivity index (χ2v) is 9.82. The summed E-state index contributed by atoms with van der Waals surface area (Å²) in [5, 5.41) is 13.5. The molecule has 2 fully saturated rings. The standard InChI is InChI=1S/C27H32N8O3/c1-28-23-15-22-21(17-29-23)27(18-3-8-24(30-16-18)34-11-13-37-14-12-34)32-35(22)19-4-6-20(7-5-19)38-25-9-10-26(36)33(2)31-25/h3,8-10,15-17,19-20H,4-7,11-14H2,1-2H3,(H,28,29). The molecule has 0 unspecified atom stereocenters. The zero-order valence-corrected chi connectivity index (χ0v) is 21.7. The molecule has 1 aliphatic carbocycles. The molecule has 0 radical (unpaired) electrons. The minimum absolute atomic E-state index is 0.0593. The summed E-state index contributed by atoms with van der Waals surface area (Å²) in [5.74, 6) is 2.26. The van der Waals surface area contributed by atoms with Crippen molar-refractivity contribution in [2.45, 2.75) is 37.8 Å². The van der Waals surface area contributed by atoms with Gasteiger partial charge in [0.25, 0.3) is 5.56 Å². The van der Waals surface area contributed by atoms with Crippen molar-refractivity contribution in [2.75, 3.05) is 43.6 Å². The number of nitrogens with zero attached hydrogens (tertiary/aromatic N) is 7. The molecule has 0 aromatic carbocycles. The van der Waals surface area contributed by atoms with Crippen LogP contribution in [0.2, 0.25) is 0 Å². The maximum atomic E-state index is 11.6. The van der Waals surface area contributed by atoms with E-state index in [-0.39, 0.29) is 17.7 Å².